The number of sulfonamides is 1. The number of anilines is 2. The monoisotopic (exact) mass is 487 g/mol. The molecule has 1 unspecified atom stereocenters. The van der Waals surface area contributed by atoms with Gasteiger partial charge in [-0.05, 0) is 24.6 Å². The molecule has 0 saturated carbocycles. The third-order valence-corrected chi connectivity index (χ3v) is 5.63. The van der Waals surface area contributed by atoms with Gasteiger partial charge in [-0.25, -0.2) is 13.4 Å². The molecule has 14 heteroatoms. The number of nitrogens with one attached hydrogen (secondary N) is 2. The summed E-state index contributed by atoms with van der Waals surface area (Å²) >= 11 is 0.752. The molecule has 170 valence electrons. The number of carbonyl (C=O) groups is 1. The van der Waals surface area contributed by atoms with E-state index in [1.54, 1.807) is 4.72 Å². The molecule has 1 aromatic heterocycles. The van der Waals surface area contributed by atoms with Gasteiger partial charge in [-0.2, -0.15) is 26.3 Å². The van der Waals surface area contributed by atoms with Gasteiger partial charge in [0.1, 0.15) is 0 Å². The summed E-state index contributed by atoms with van der Waals surface area (Å²) in [6.07, 6.45) is -9.10. The summed E-state index contributed by atoms with van der Waals surface area (Å²) < 4.78 is 99.0. The smallest absolute Gasteiger partial charge is 0.332 e. The van der Waals surface area contributed by atoms with Crippen molar-refractivity contribution in [3.05, 3.63) is 53.1 Å². The maximum Gasteiger partial charge on any atom is 0.434 e. The molecule has 1 aromatic carbocycles. The van der Waals surface area contributed by atoms with Gasteiger partial charge in [-0.1, -0.05) is 18.2 Å². The maximum atomic E-state index is 12.6. The van der Waals surface area contributed by atoms with Gasteiger partial charge < -0.3 is 5.32 Å². The Kier molecular flexibility index (Phi) is 7.36. The van der Waals surface area contributed by atoms with Crippen molar-refractivity contribution in [3.8, 4) is 0 Å². The van der Waals surface area contributed by atoms with Crippen LogP contribution in [-0.4, -0.2) is 31.2 Å². The van der Waals surface area contributed by atoms with Crippen LogP contribution in [0.3, 0.4) is 0 Å². The van der Waals surface area contributed by atoms with Crippen LogP contribution >= 0.6 is 11.3 Å². The summed E-state index contributed by atoms with van der Waals surface area (Å²) in [4.78, 5) is 15.5. The Balaban J connectivity index is 1.99. The number of thiazole rings is 1. The third-order valence-electron chi connectivity index (χ3n) is 3.73. The van der Waals surface area contributed by atoms with E-state index in [1.165, 1.54) is 31.2 Å². The summed E-state index contributed by atoms with van der Waals surface area (Å²) in [5, 5.41) is 3.54. The van der Waals surface area contributed by atoms with Crippen LogP contribution in [0.4, 0.5) is 37.2 Å². The topological polar surface area (TPSA) is 88.2 Å². The molecule has 0 aliphatic carbocycles. The number of hydrogen-bond acceptors (Lipinski definition) is 6. The number of alkyl halides is 6. The summed E-state index contributed by atoms with van der Waals surface area (Å²) in [6, 6.07) is 5.80. The number of aromatic nitrogens is 1. The fourth-order valence-corrected chi connectivity index (χ4v) is 3.84. The molecule has 0 aliphatic rings. The van der Waals surface area contributed by atoms with E-state index in [1.807, 2.05) is 0 Å². The highest BCUT2D eigenvalue weighted by atomic mass is 32.2. The van der Waals surface area contributed by atoms with E-state index in [2.05, 4.69) is 10.3 Å². The Hall–Kier alpha value is -2.61. The van der Waals surface area contributed by atoms with Crippen LogP contribution in [0.5, 0.6) is 0 Å². The number of carbonyl (C=O) groups excluding carboxylic acids is 1. The van der Waals surface area contributed by atoms with E-state index in [-0.39, 0.29) is 11.2 Å². The van der Waals surface area contributed by atoms with Gasteiger partial charge in [-0.15, -0.1) is 11.3 Å². The van der Waals surface area contributed by atoms with Gasteiger partial charge in [0.2, 0.25) is 15.9 Å². The van der Waals surface area contributed by atoms with Crippen molar-refractivity contribution >= 4 is 38.1 Å². The van der Waals surface area contributed by atoms with E-state index < -0.39 is 45.6 Å². The second-order valence-corrected chi connectivity index (χ2v) is 8.82. The third kappa shape index (κ3) is 7.86. The van der Waals surface area contributed by atoms with Crippen molar-refractivity contribution in [2.75, 3.05) is 11.1 Å². The van der Waals surface area contributed by atoms with Gasteiger partial charge in [0.25, 0.3) is 0 Å². The summed E-state index contributed by atoms with van der Waals surface area (Å²) in [5.41, 5.74) is -0.281. The number of rotatable bonds is 7. The van der Waals surface area contributed by atoms with Crippen LogP contribution in [-0.2, 0) is 21.0 Å². The lowest BCUT2D eigenvalue weighted by Crippen LogP contribution is -2.35. The number of halogens is 6. The van der Waals surface area contributed by atoms with Crippen LogP contribution in [0.25, 0.3) is 0 Å². The minimum Gasteiger partial charge on any atom is -0.332 e. The van der Waals surface area contributed by atoms with E-state index in [4.69, 9.17) is 0 Å². The molecule has 1 amide bonds. The zero-order chi connectivity index (χ0) is 23.4. The van der Waals surface area contributed by atoms with Gasteiger partial charge in [0.15, 0.2) is 10.8 Å². The number of allylic oxidation sites excluding steroid dienone is 1. The van der Waals surface area contributed by atoms with E-state index >= 15 is 0 Å². The van der Waals surface area contributed by atoms with Crippen LogP contribution in [0.2, 0.25) is 0 Å². The maximum absolute atomic E-state index is 12.6. The Bertz CT molecular complexity index is 1040. The molecular weight excluding hydrogens is 472 g/mol. The van der Waals surface area contributed by atoms with Gasteiger partial charge >= 0.3 is 12.4 Å². The van der Waals surface area contributed by atoms with Gasteiger partial charge in [0.05, 0.1) is 11.7 Å². The highest BCUT2D eigenvalue weighted by Crippen LogP contribution is 2.32. The molecule has 1 heterocycles. The zero-order valence-electron chi connectivity index (χ0n) is 15.6. The second kappa shape index (κ2) is 9.26. The molecule has 2 aromatic rings. The molecule has 0 saturated heterocycles. The average Bonchev–Trinajstić information content (AvgIpc) is 3.09. The fraction of sp³-hybridized carbons (Fsp3) is 0.294. The highest BCUT2D eigenvalue weighted by molar-refractivity contribution is 7.90. The van der Waals surface area contributed by atoms with Crippen LogP contribution in [0.1, 0.15) is 24.1 Å². The molecule has 2 N–H and O–H groups in total. The predicted octanol–water partition coefficient (Wildman–Crippen LogP) is 4.57. The van der Waals surface area contributed by atoms with Crippen molar-refractivity contribution in [1.29, 1.82) is 0 Å². The first-order valence-corrected chi connectivity index (χ1v) is 10.9. The number of amides is 1. The standard InChI is InChI=1S/C17H15F6N3O3S2/c1-10(14(27)26-31(28,29)8-2-7-16(18,19)20)11-3-5-12(6-4-11)24-15-25-13(9-30-15)17(21,22)23/h2-7,9-10H,8H2,1H3,(H,24,25)(H,26,27). The predicted molar refractivity (Wildman–Crippen MR) is 102 cm³/mol. The fourth-order valence-electron chi connectivity index (χ4n) is 2.18. The average molecular weight is 487 g/mol. The summed E-state index contributed by atoms with van der Waals surface area (Å²) in [7, 11) is -4.31. The Morgan fingerprint density at radius 3 is 2.29 bits per heavy atom. The van der Waals surface area contributed by atoms with Crippen LogP contribution in [0, 0.1) is 0 Å². The molecule has 1 atom stereocenters. The largest absolute Gasteiger partial charge is 0.434 e. The van der Waals surface area contributed by atoms with E-state index in [0.717, 1.165) is 16.7 Å². The Labute approximate surface area is 177 Å². The lowest BCUT2D eigenvalue weighted by Gasteiger charge is -2.13. The van der Waals surface area contributed by atoms with Gasteiger partial charge in [-0.3, -0.25) is 9.52 Å². The first-order valence-electron chi connectivity index (χ1n) is 8.35. The lowest BCUT2D eigenvalue weighted by molar-refractivity contribution is -0.140. The zero-order valence-corrected chi connectivity index (χ0v) is 17.2. The van der Waals surface area contributed by atoms with Crippen molar-refractivity contribution in [1.82, 2.24) is 9.71 Å². The Morgan fingerprint density at radius 1 is 1.16 bits per heavy atom. The first kappa shape index (κ1) is 24.7. The van der Waals surface area contributed by atoms with Crippen LogP contribution < -0.4 is 10.0 Å². The van der Waals surface area contributed by atoms with Crippen molar-refractivity contribution < 1.29 is 39.6 Å². The molecule has 0 aliphatic heterocycles. The second-order valence-electron chi connectivity index (χ2n) is 6.20. The minimum atomic E-state index is -4.67. The molecule has 0 radical (unpaired) electrons. The normalized spacial score (nSPS) is 13.9. The SMILES string of the molecule is CC(C(=O)NS(=O)(=O)CC=CC(F)(F)F)c1ccc(Nc2nc(C(F)(F)F)cs2)cc1. The molecule has 0 spiro atoms. The van der Waals surface area contributed by atoms with Crippen LogP contribution in [0.15, 0.2) is 41.8 Å². The van der Waals surface area contributed by atoms with Crippen molar-refractivity contribution in [2.24, 2.45) is 0 Å². The number of hydrogen-bond donors (Lipinski definition) is 2. The molecule has 0 bridgehead atoms. The quantitative estimate of drug-likeness (QED) is 0.441. The highest BCUT2D eigenvalue weighted by Gasteiger charge is 2.33. The molecule has 31 heavy (non-hydrogen) atoms. The summed E-state index contributed by atoms with van der Waals surface area (Å²) in [5.74, 6) is -2.94. The Morgan fingerprint density at radius 2 is 1.77 bits per heavy atom. The van der Waals surface area contributed by atoms with E-state index in [0.29, 0.717) is 17.3 Å². The summed E-state index contributed by atoms with van der Waals surface area (Å²) in [6.45, 7) is 1.38. The molecule has 6 nitrogen and oxygen atoms in total. The lowest BCUT2D eigenvalue weighted by atomic mass is 10.0. The minimum absolute atomic E-state index is 0.00358. The number of nitrogens with zero attached hydrogens (tertiary/aromatic N) is 1. The van der Waals surface area contributed by atoms with E-state index in [9.17, 15) is 39.6 Å². The van der Waals surface area contributed by atoms with Crippen molar-refractivity contribution in [2.45, 2.75) is 25.2 Å². The van der Waals surface area contributed by atoms with Gasteiger partial charge in [0, 0.05) is 17.1 Å². The molecule has 0 fully saturated rings. The first-order chi connectivity index (χ1) is 14.2. The molecular formula is C17H15F6N3O3S2. The number of benzene rings is 1. The molecule has 2 rings (SSSR count). The van der Waals surface area contributed by atoms with Crippen molar-refractivity contribution in [3.63, 3.8) is 0 Å².